The predicted molar refractivity (Wildman–Crippen MR) is 137 cm³/mol. The Bertz CT molecular complexity index is 1420. The number of ether oxygens (including phenoxy) is 1. The van der Waals surface area contributed by atoms with Gasteiger partial charge in [-0.15, -0.1) is 0 Å². The second-order valence-corrected chi connectivity index (χ2v) is 9.01. The lowest BCUT2D eigenvalue weighted by Gasteiger charge is -2.30. The summed E-state index contributed by atoms with van der Waals surface area (Å²) < 4.78 is 5.32. The van der Waals surface area contributed by atoms with Crippen molar-refractivity contribution in [3.05, 3.63) is 113 Å². The Labute approximate surface area is 199 Å². The van der Waals surface area contributed by atoms with Gasteiger partial charge in [-0.3, -0.25) is 4.79 Å². The highest BCUT2D eigenvalue weighted by molar-refractivity contribution is 6.02. The molecule has 4 heteroatoms. The Morgan fingerprint density at radius 1 is 0.794 bits per heavy atom. The number of allylic oxidation sites excluding steroid dienone is 1. The maximum absolute atomic E-state index is 13.8. The van der Waals surface area contributed by atoms with Crippen molar-refractivity contribution >= 4 is 27.9 Å². The van der Waals surface area contributed by atoms with E-state index in [1.165, 1.54) is 10.8 Å². The number of hydrogen-bond donors (Lipinski definition) is 2. The first-order valence-electron chi connectivity index (χ1n) is 11.7. The molecule has 0 fully saturated rings. The normalized spacial score (nSPS) is 19.5. The minimum Gasteiger partial charge on any atom is -0.497 e. The number of ketones is 1. The van der Waals surface area contributed by atoms with Gasteiger partial charge >= 0.3 is 0 Å². The highest BCUT2D eigenvalue weighted by Crippen LogP contribution is 2.45. The van der Waals surface area contributed by atoms with Crippen molar-refractivity contribution in [2.45, 2.75) is 24.8 Å². The molecule has 4 aromatic rings. The van der Waals surface area contributed by atoms with E-state index >= 15 is 0 Å². The molecule has 2 atom stereocenters. The molecule has 1 aliphatic carbocycles. The van der Waals surface area contributed by atoms with E-state index in [0.717, 1.165) is 45.9 Å². The number of carbonyl (C=O) groups excluding carboxylic acids is 1. The van der Waals surface area contributed by atoms with E-state index < -0.39 is 0 Å². The summed E-state index contributed by atoms with van der Waals surface area (Å²) in [5.74, 6) is 1.14. The van der Waals surface area contributed by atoms with E-state index in [-0.39, 0.29) is 17.7 Å². The summed E-state index contributed by atoms with van der Waals surface area (Å²) in [7, 11) is 1.67. The van der Waals surface area contributed by atoms with Crippen molar-refractivity contribution in [1.82, 2.24) is 0 Å². The number of nitrogens with one attached hydrogen (secondary N) is 2. The summed E-state index contributed by atoms with van der Waals surface area (Å²) in [5, 5.41) is 9.68. The third-order valence-electron chi connectivity index (χ3n) is 7.03. The van der Waals surface area contributed by atoms with Gasteiger partial charge in [-0.05, 0) is 58.5 Å². The topological polar surface area (TPSA) is 50.4 Å². The molecule has 6 rings (SSSR count). The zero-order chi connectivity index (χ0) is 23.1. The van der Waals surface area contributed by atoms with Crippen molar-refractivity contribution in [2.75, 3.05) is 17.7 Å². The van der Waals surface area contributed by atoms with E-state index in [2.05, 4.69) is 77.4 Å². The number of rotatable bonds is 3. The van der Waals surface area contributed by atoms with Crippen molar-refractivity contribution in [3.63, 3.8) is 0 Å². The second kappa shape index (κ2) is 8.38. The van der Waals surface area contributed by atoms with E-state index in [0.29, 0.717) is 6.42 Å². The van der Waals surface area contributed by atoms with Gasteiger partial charge in [-0.1, -0.05) is 66.7 Å². The molecule has 2 unspecified atom stereocenters. The van der Waals surface area contributed by atoms with Gasteiger partial charge in [0.25, 0.3) is 0 Å². The first-order chi connectivity index (χ1) is 16.7. The minimum absolute atomic E-state index is 0.128. The molecule has 0 bridgehead atoms. The maximum Gasteiger partial charge on any atom is 0.163 e. The molecule has 0 radical (unpaired) electrons. The third kappa shape index (κ3) is 3.52. The van der Waals surface area contributed by atoms with Crippen molar-refractivity contribution < 1.29 is 9.53 Å². The number of benzene rings is 4. The average Bonchev–Trinajstić information content (AvgIpc) is 3.05. The summed E-state index contributed by atoms with van der Waals surface area (Å²) in [6.45, 7) is 0. The molecule has 2 aliphatic rings. The summed E-state index contributed by atoms with van der Waals surface area (Å²) in [5.41, 5.74) is 6.14. The molecule has 2 N–H and O–H groups in total. The highest BCUT2D eigenvalue weighted by atomic mass is 16.5. The predicted octanol–water partition coefficient (Wildman–Crippen LogP) is 6.83. The van der Waals surface area contributed by atoms with Crippen LogP contribution in [0, 0.1) is 0 Å². The first kappa shape index (κ1) is 20.5. The van der Waals surface area contributed by atoms with Crippen LogP contribution in [0.3, 0.4) is 0 Å². The lowest BCUT2D eigenvalue weighted by molar-refractivity contribution is -0.116. The molecule has 0 saturated heterocycles. The van der Waals surface area contributed by atoms with Crippen LogP contribution < -0.4 is 15.4 Å². The number of hydrogen-bond acceptors (Lipinski definition) is 4. The molecule has 1 heterocycles. The summed E-state index contributed by atoms with van der Waals surface area (Å²) >= 11 is 0. The van der Waals surface area contributed by atoms with Gasteiger partial charge in [0, 0.05) is 17.7 Å². The summed E-state index contributed by atoms with van der Waals surface area (Å²) in [4.78, 5) is 13.8. The zero-order valence-corrected chi connectivity index (χ0v) is 19.0. The van der Waals surface area contributed by atoms with Gasteiger partial charge in [0.2, 0.25) is 0 Å². The molecule has 0 saturated carbocycles. The maximum atomic E-state index is 13.8. The van der Waals surface area contributed by atoms with Gasteiger partial charge in [-0.2, -0.15) is 0 Å². The molecule has 34 heavy (non-hydrogen) atoms. The Morgan fingerprint density at radius 2 is 1.53 bits per heavy atom. The summed E-state index contributed by atoms with van der Waals surface area (Å²) in [6.07, 6.45) is 1.27. The molecule has 0 amide bonds. The fourth-order valence-electron chi connectivity index (χ4n) is 5.34. The molecule has 0 aromatic heterocycles. The van der Waals surface area contributed by atoms with Crippen molar-refractivity contribution in [3.8, 4) is 5.75 Å². The Morgan fingerprint density at radius 3 is 2.35 bits per heavy atom. The number of anilines is 2. The van der Waals surface area contributed by atoms with Gasteiger partial charge in [0.05, 0.1) is 24.5 Å². The third-order valence-corrected chi connectivity index (χ3v) is 7.03. The van der Waals surface area contributed by atoms with Crippen LogP contribution in [0.15, 0.2) is 102 Å². The summed E-state index contributed by atoms with van der Waals surface area (Å²) in [6, 6.07) is 30.8. The fourth-order valence-corrected chi connectivity index (χ4v) is 5.34. The van der Waals surface area contributed by atoms with E-state index in [4.69, 9.17) is 4.74 Å². The van der Waals surface area contributed by atoms with Crippen LogP contribution in [-0.4, -0.2) is 12.9 Å². The van der Waals surface area contributed by atoms with Gasteiger partial charge < -0.3 is 15.4 Å². The van der Waals surface area contributed by atoms with Crippen LogP contribution in [0.1, 0.15) is 35.9 Å². The Hall–Kier alpha value is -4.05. The van der Waals surface area contributed by atoms with E-state index in [9.17, 15) is 4.79 Å². The molecule has 4 aromatic carbocycles. The van der Waals surface area contributed by atoms with Gasteiger partial charge in [0.1, 0.15) is 5.75 Å². The largest absolute Gasteiger partial charge is 0.497 e. The molecule has 168 valence electrons. The quantitative estimate of drug-likeness (QED) is 0.362. The first-order valence-corrected chi connectivity index (χ1v) is 11.7. The van der Waals surface area contributed by atoms with Crippen molar-refractivity contribution in [2.24, 2.45) is 0 Å². The molecule has 4 nitrogen and oxygen atoms in total. The van der Waals surface area contributed by atoms with E-state index in [1.807, 2.05) is 24.3 Å². The van der Waals surface area contributed by atoms with Crippen LogP contribution >= 0.6 is 0 Å². The van der Waals surface area contributed by atoms with Gasteiger partial charge in [-0.25, -0.2) is 0 Å². The van der Waals surface area contributed by atoms with Crippen LogP contribution in [-0.2, 0) is 4.79 Å². The molecular weight excluding hydrogens is 420 g/mol. The van der Waals surface area contributed by atoms with Crippen LogP contribution in [0.2, 0.25) is 0 Å². The van der Waals surface area contributed by atoms with Crippen molar-refractivity contribution in [1.29, 1.82) is 0 Å². The fraction of sp³-hybridized carbons (Fsp3) is 0.167. The smallest absolute Gasteiger partial charge is 0.163 e. The van der Waals surface area contributed by atoms with Crippen LogP contribution in [0.4, 0.5) is 11.4 Å². The van der Waals surface area contributed by atoms with Crippen LogP contribution in [0.5, 0.6) is 5.75 Å². The lowest BCUT2D eigenvalue weighted by Crippen LogP contribution is -2.27. The number of Topliss-reactive ketones (excluding diaryl/α,β-unsaturated/α-hetero) is 1. The Kier molecular flexibility index (Phi) is 5.06. The average molecular weight is 447 g/mol. The lowest BCUT2D eigenvalue weighted by atomic mass is 9.78. The highest BCUT2D eigenvalue weighted by Gasteiger charge is 2.36. The number of para-hydroxylation sites is 2. The number of carbonyl (C=O) groups is 1. The number of fused-ring (bicyclic) bond motifs is 2. The SMILES string of the molecule is COc1ccc(C2CC(=O)C3=C(C2)Nc2ccccc2NC3c2cccc3ccccc23)cc1. The minimum atomic E-state index is -0.221. The molecular formula is C30H26N2O2. The standard InChI is InChI=1S/C30H26N2O2/c1-34-22-15-13-19(14-16-22)21-17-27-29(28(33)18-21)30(32-26-12-5-4-11-25(26)31-27)24-10-6-8-20-7-2-3-9-23(20)24/h2-16,21,30-32H,17-18H2,1H3. The zero-order valence-electron chi connectivity index (χ0n) is 19.0. The number of methoxy groups -OCH3 is 1. The van der Waals surface area contributed by atoms with Gasteiger partial charge in [0.15, 0.2) is 5.78 Å². The van der Waals surface area contributed by atoms with E-state index in [1.54, 1.807) is 7.11 Å². The molecule has 1 aliphatic heterocycles. The monoisotopic (exact) mass is 446 g/mol. The molecule has 0 spiro atoms. The van der Waals surface area contributed by atoms with Crippen LogP contribution in [0.25, 0.3) is 10.8 Å². The second-order valence-electron chi connectivity index (χ2n) is 9.01. The Balaban J connectivity index is 1.48.